The van der Waals surface area contributed by atoms with Gasteiger partial charge in [0, 0.05) is 23.5 Å². The van der Waals surface area contributed by atoms with E-state index < -0.39 is 22.8 Å². The molecule has 0 spiro atoms. The first kappa shape index (κ1) is 18.2. The fourth-order valence-corrected chi connectivity index (χ4v) is 2.23. The molecule has 2 aromatic rings. The molecule has 5 nitrogen and oxygen atoms in total. The van der Waals surface area contributed by atoms with Crippen molar-refractivity contribution >= 4 is 44.9 Å². The average Bonchev–Trinajstić information content (AvgIpc) is 2.45. The Morgan fingerprint density at radius 3 is 2.12 bits per heavy atom. The van der Waals surface area contributed by atoms with Crippen molar-refractivity contribution in [1.29, 1.82) is 0 Å². The first-order valence-electron chi connectivity index (χ1n) is 6.24. The van der Waals surface area contributed by atoms with Crippen molar-refractivity contribution in [3.63, 3.8) is 0 Å². The van der Waals surface area contributed by atoms with E-state index in [1.54, 1.807) is 0 Å². The fourth-order valence-electron chi connectivity index (χ4n) is 1.78. The quantitative estimate of drug-likeness (QED) is 0.535. The van der Waals surface area contributed by atoms with Crippen LogP contribution in [0.25, 0.3) is 0 Å². The molecule has 4 N–H and O–H groups in total. The molecule has 2 amide bonds. The normalized spacial score (nSPS) is 11.2. The third kappa shape index (κ3) is 4.24. The Morgan fingerprint density at radius 1 is 1.04 bits per heavy atom. The van der Waals surface area contributed by atoms with Crippen molar-refractivity contribution in [3.05, 3.63) is 45.4 Å². The van der Waals surface area contributed by atoms with E-state index in [1.807, 2.05) is 0 Å². The van der Waals surface area contributed by atoms with Crippen LogP contribution in [0, 0.1) is 0 Å². The number of anilines is 2. The smallest absolute Gasteiger partial charge is 0.417 e. The van der Waals surface area contributed by atoms with E-state index in [0.717, 1.165) is 18.2 Å². The number of carbonyl (C=O) groups excluding carboxylic acids is 1. The van der Waals surface area contributed by atoms with Gasteiger partial charge < -0.3 is 20.8 Å². The second-order valence-electron chi connectivity index (χ2n) is 4.60. The topological polar surface area (TPSA) is 81.6 Å². The van der Waals surface area contributed by atoms with Gasteiger partial charge in [-0.05, 0) is 34.1 Å². The summed E-state index contributed by atoms with van der Waals surface area (Å²) < 4.78 is 38.3. The lowest BCUT2D eigenvalue weighted by Gasteiger charge is -2.13. The number of hydrogen-bond acceptors (Lipinski definition) is 3. The Morgan fingerprint density at radius 2 is 1.58 bits per heavy atom. The number of alkyl halides is 3. The molecule has 0 heterocycles. The molecule has 10 heteroatoms. The van der Waals surface area contributed by atoms with Gasteiger partial charge in [0.15, 0.2) is 0 Å². The van der Waals surface area contributed by atoms with Crippen molar-refractivity contribution in [2.75, 3.05) is 10.6 Å². The third-order valence-electron chi connectivity index (χ3n) is 2.82. The van der Waals surface area contributed by atoms with Crippen LogP contribution >= 0.6 is 27.5 Å². The first-order valence-corrected chi connectivity index (χ1v) is 7.41. The number of carbonyl (C=O) groups is 1. The van der Waals surface area contributed by atoms with E-state index in [4.69, 9.17) is 11.6 Å². The van der Waals surface area contributed by atoms with Gasteiger partial charge in [-0.15, -0.1) is 0 Å². The van der Waals surface area contributed by atoms with Gasteiger partial charge in [0.1, 0.15) is 16.0 Å². The second kappa shape index (κ2) is 6.78. The zero-order chi connectivity index (χ0) is 18.1. The number of halogens is 5. The highest BCUT2D eigenvalue weighted by Gasteiger charge is 2.33. The molecule has 24 heavy (non-hydrogen) atoms. The molecule has 0 atom stereocenters. The lowest BCUT2D eigenvalue weighted by molar-refractivity contribution is -0.137. The number of hydrogen-bond donors (Lipinski definition) is 4. The van der Waals surface area contributed by atoms with Gasteiger partial charge in [-0.2, -0.15) is 13.2 Å². The monoisotopic (exact) mass is 424 g/mol. The van der Waals surface area contributed by atoms with Crippen LogP contribution in [0.5, 0.6) is 11.5 Å². The predicted molar refractivity (Wildman–Crippen MR) is 86.6 cm³/mol. The van der Waals surface area contributed by atoms with Crippen LogP contribution in [0.2, 0.25) is 5.02 Å². The summed E-state index contributed by atoms with van der Waals surface area (Å²) in [4.78, 5) is 11.8. The van der Waals surface area contributed by atoms with Gasteiger partial charge in [0.05, 0.1) is 10.6 Å². The molecule has 0 aliphatic heterocycles. The highest BCUT2D eigenvalue weighted by molar-refractivity contribution is 9.10. The van der Waals surface area contributed by atoms with E-state index in [1.165, 1.54) is 6.07 Å². The van der Waals surface area contributed by atoms with E-state index in [2.05, 4.69) is 26.6 Å². The second-order valence-corrected chi connectivity index (χ2v) is 5.80. The number of phenolic OH excluding ortho intramolecular Hbond substituents is 2. The molecule has 0 aliphatic rings. The molecule has 0 aliphatic carbocycles. The lowest BCUT2D eigenvalue weighted by atomic mass is 10.2. The summed E-state index contributed by atoms with van der Waals surface area (Å²) in [7, 11) is 0. The SMILES string of the molecule is O=C(Nc1cc(O)c(Br)c(O)c1)Nc1ccc(Cl)c(C(F)(F)F)c1. The molecular formula is C14H9BrClF3N2O3. The van der Waals surface area contributed by atoms with Crippen LogP contribution in [0.1, 0.15) is 5.56 Å². The molecule has 2 aromatic carbocycles. The van der Waals surface area contributed by atoms with Crippen molar-refractivity contribution in [2.45, 2.75) is 6.18 Å². The van der Waals surface area contributed by atoms with Crippen LogP contribution in [-0.2, 0) is 6.18 Å². The minimum atomic E-state index is -4.66. The van der Waals surface area contributed by atoms with Crippen LogP contribution < -0.4 is 10.6 Å². The van der Waals surface area contributed by atoms with E-state index in [9.17, 15) is 28.2 Å². The molecule has 0 bridgehead atoms. The van der Waals surface area contributed by atoms with Gasteiger partial charge in [0.2, 0.25) is 0 Å². The summed E-state index contributed by atoms with van der Waals surface area (Å²) in [5.74, 6) is -0.646. The maximum absolute atomic E-state index is 12.8. The third-order valence-corrected chi connectivity index (χ3v) is 3.96. The molecule has 2 rings (SSSR count). The molecule has 0 fully saturated rings. The van der Waals surface area contributed by atoms with E-state index in [-0.39, 0.29) is 27.3 Å². The van der Waals surface area contributed by atoms with Gasteiger partial charge in [-0.25, -0.2) is 4.79 Å². The summed E-state index contributed by atoms with van der Waals surface area (Å²) in [5, 5.41) is 23.0. The largest absolute Gasteiger partial charge is 0.507 e. The van der Waals surface area contributed by atoms with E-state index in [0.29, 0.717) is 6.07 Å². The van der Waals surface area contributed by atoms with Gasteiger partial charge in [0.25, 0.3) is 0 Å². The standard InChI is InChI=1S/C14H9BrClF3N2O3/c15-12-10(22)4-7(5-11(12)23)21-13(24)20-6-1-2-9(16)8(3-6)14(17,18)19/h1-5,22-23H,(H2,20,21,24). The fraction of sp³-hybridized carbons (Fsp3) is 0.0714. The van der Waals surface area contributed by atoms with Crippen LogP contribution in [0.15, 0.2) is 34.8 Å². The zero-order valence-corrected chi connectivity index (χ0v) is 13.9. The Kier molecular flexibility index (Phi) is 5.14. The van der Waals surface area contributed by atoms with Crippen molar-refractivity contribution < 1.29 is 28.2 Å². The first-order chi connectivity index (χ1) is 11.1. The van der Waals surface area contributed by atoms with Crippen LogP contribution in [0.4, 0.5) is 29.3 Å². The number of benzene rings is 2. The Balaban J connectivity index is 2.16. The summed E-state index contributed by atoms with van der Waals surface area (Å²) in [6, 6.07) is 4.33. The average molecular weight is 426 g/mol. The van der Waals surface area contributed by atoms with Gasteiger partial charge >= 0.3 is 12.2 Å². The number of nitrogens with one attached hydrogen (secondary N) is 2. The minimum absolute atomic E-state index is 0.0377. The molecule has 0 unspecified atom stereocenters. The molecule has 0 saturated heterocycles. The number of rotatable bonds is 2. The molecule has 0 saturated carbocycles. The molecule has 0 radical (unpaired) electrons. The minimum Gasteiger partial charge on any atom is -0.507 e. The summed E-state index contributed by atoms with van der Waals surface area (Å²) in [5.41, 5.74) is -1.17. The summed E-state index contributed by atoms with van der Waals surface area (Å²) in [6.45, 7) is 0. The number of aromatic hydroxyl groups is 2. The summed E-state index contributed by atoms with van der Waals surface area (Å²) in [6.07, 6.45) is -4.66. The maximum Gasteiger partial charge on any atom is 0.417 e. The maximum atomic E-state index is 12.8. The predicted octanol–water partition coefficient (Wildman–Crippen LogP) is 5.18. The van der Waals surface area contributed by atoms with Gasteiger partial charge in [-0.1, -0.05) is 11.6 Å². The van der Waals surface area contributed by atoms with Gasteiger partial charge in [-0.3, -0.25) is 0 Å². The zero-order valence-electron chi connectivity index (χ0n) is 11.6. The van der Waals surface area contributed by atoms with Crippen molar-refractivity contribution in [2.24, 2.45) is 0 Å². The van der Waals surface area contributed by atoms with Crippen LogP contribution in [-0.4, -0.2) is 16.2 Å². The van der Waals surface area contributed by atoms with Crippen molar-refractivity contribution in [1.82, 2.24) is 0 Å². The Labute approximate surface area is 147 Å². The number of urea groups is 1. The highest BCUT2D eigenvalue weighted by atomic mass is 79.9. The van der Waals surface area contributed by atoms with E-state index >= 15 is 0 Å². The molecule has 128 valence electrons. The molecule has 0 aromatic heterocycles. The Bertz CT molecular complexity index is 776. The lowest BCUT2D eigenvalue weighted by Crippen LogP contribution is -2.20. The number of phenols is 2. The molecular weight excluding hydrogens is 417 g/mol. The Hall–Kier alpha value is -2.13. The number of amides is 2. The summed E-state index contributed by atoms with van der Waals surface area (Å²) >= 11 is 8.41. The highest BCUT2D eigenvalue weighted by Crippen LogP contribution is 2.37. The van der Waals surface area contributed by atoms with Crippen molar-refractivity contribution in [3.8, 4) is 11.5 Å². The van der Waals surface area contributed by atoms with Crippen LogP contribution in [0.3, 0.4) is 0 Å².